The van der Waals surface area contributed by atoms with Crippen molar-refractivity contribution >= 4 is 0 Å². The van der Waals surface area contributed by atoms with Gasteiger partial charge in [-0.15, -0.1) is 0 Å². The van der Waals surface area contributed by atoms with Crippen molar-refractivity contribution in [2.24, 2.45) is 0 Å². The molecule has 1 heteroatoms. The van der Waals surface area contributed by atoms with Gasteiger partial charge < -0.3 is 4.74 Å². The molecule has 1 unspecified atom stereocenters. The van der Waals surface area contributed by atoms with Crippen molar-refractivity contribution in [3.8, 4) is 0 Å². The zero-order valence-corrected chi connectivity index (χ0v) is 14.4. The molecular formula is C23H26O. The molecule has 0 aliphatic heterocycles. The minimum absolute atomic E-state index is 0.205. The Kier molecular flexibility index (Phi) is 6.03. The van der Waals surface area contributed by atoms with E-state index in [1.54, 1.807) is 0 Å². The molecule has 0 bridgehead atoms. The summed E-state index contributed by atoms with van der Waals surface area (Å²) in [6.45, 7) is 2.90. The number of allylic oxidation sites excluding steroid dienone is 2. The van der Waals surface area contributed by atoms with Gasteiger partial charge in [0.1, 0.15) is 0 Å². The maximum Gasteiger partial charge on any atom is 0.0803 e. The third kappa shape index (κ3) is 4.94. The molecule has 2 aromatic rings. The Balaban J connectivity index is 1.57. The van der Waals surface area contributed by atoms with Crippen LogP contribution in [0.25, 0.3) is 0 Å². The second-order valence-electron chi connectivity index (χ2n) is 6.42. The number of aryl methyl sites for hydroxylation is 1. The summed E-state index contributed by atoms with van der Waals surface area (Å²) < 4.78 is 6.17. The standard InChI is InChI=1S/C23H26O/c1-2-19-15-22(14-13-20-9-5-3-6-10-20)17-23(16-19)24-18-21-11-7-4-8-12-21/h3-12,15-16,23H,2,13-14,17-18H2,1H3. The van der Waals surface area contributed by atoms with Crippen LogP contribution in [0.1, 0.15) is 37.3 Å². The maximum atomic E-state index is 6.17. The Morgan fingerprint density at radius 1 is 0.875 bits per heavy atom. The summed E-state index contributed by atoms with van der Waals surface area (Å²) in [4.78, 5) is 0. The minimum Gasteiger partial charge on any atom is -0.369 e. The fourth-order valence-electron chi connectivity index (χ4n) is 3.15. The fourth-order valence-corrected chi connectivity index (χ4v) is 3.15. The van der Waals surface area contributed by atoms with Crippen LogP contribution in [0.3, 0.4) is 0 Å². The van der Waals surface area contributed by atoms with Gasteiger partial charge >= 0.3 is 0 Å². The number of benzene rings is 2. The van der Waals surface area contributed by atoms with Crippen molar-refractivity contribution in [3.05, 3.63) is 95.1 Å². The zero-order chi connectivity index (χ0) is 16.6. The van der Waals surface area contributed by atoms with Crippen molar-refractivity contribution in [2.45, 2.75) is 45.3 Å². The molecule has 1 aliphatic rings. The summed E-state index contributed by atoms with van der Waals surface area (Å²) in [5.41, 5.74) is 5.57. The van der Waals surface area contributed by atoms with Crippen LogP contribution in [0.15, 0.2) is 84.0 Å². The minimum atomic E-state index is 0.205. The van der Waals surface area contributed by atoms with Gasteiger partial charge in [-0.05, 0) is 42.4 Å². The molecule has 1 atom stereocenters. The van der Waals surface area contributed by atoms with Gasteiger partial charge in [0.05, 0.1) is 12.7 Å². The van der Waals surface area contributed by atoms with Gasteiger partial charge in [-0.1, -0.05) is 85.3 Å². The zero-order valence-electron chi connectivity index (χ0n) is 14.4. The van der Waals surface area contributed by atoms with E-state index < -0.39 is 0 Å². The Bertz CT molecular complexity index is 682. The lowest BCUT2D eigenvalue weighted by atomic mass is 9.92. The van der Waals surface area contributed by atoms with Gasteiger partial charge in [0.25, 0.3) is 0 Å². The molecule has 0 amide bonds. The average molecular weight is 318 g/mol. The Morgan fingerprint density at radius 3 is 2.21 bits per heavy atom. The van der Waals surface area contributed by atoms with Gasteiger partial charge in [-0.25, -0.2) is 0 Å². The third-order valence-electron chi connectivity index (χ3n) is 4.55. The van der Waals surface area contributed by atoms with Crippen molar-refractivity contribution in [1.82, 2.24) is 0 Å². The Labute approximate surface area is 145 Å². The van der Waals surface area contributed by atoms with Crippen LogP contribution in [-0.4, -0.2) is 6.10 Å². The highest BCUT2D eigenvalue weighted by atomic mass is 16.5. The predicted octanol–water partition coefficient (Wildman–Crippen LogP) is 5.87. The summed E-state index contributed by atoms with van der Waals surface area (Å²) >= 11 is 0. The average Bonchev–Trinajstić information content (AvgIpc) is 2.66. The Morgan fingerprint density at radius 2 is 1.54 bits per heavy atom. The number of rotatable bonds is 7. The molecule has 124 valence electrons. The molecule has 0 heterocycles. The molecule has 24 heavy (non-hydrogen) atoms. The van der Waals surface area contributed by atoms with E-state index in [0.29, 0.717) is 6.61 Å². The van der Waals surface area contributed by atoms with Crippen LogP contribution in [0.5, 0.6) is 0 Å². The van der Waals surface area contributed by atoms with E-state index in [4.69, 9.17) is 4.74 Å². The largest absolute Gasteiger partial charge is 0.369 e. The molecule has 2 aromatic carbocycles. The van der Waals surface area contributed by atoms with E-state index in [1.807, 2.05) is 6.07 Å². The van der Waals surface area contributed by atoms with Gasteiger partial charge in [-0.2, -0.15) is 0 Å². The maximum absolute atomic E-state index is 6.17. The van der Waals surface area contributed by atoms with Crippen molar-refractivity contribution in [2.75, 3.05) is 0 Å². The first kappa shape index (κ1) is 16.7. The van der Waals surface area contributed by atoms with E-state index in [1.165, 1.54) is 22.3 Å². The third-order valence-corrected chi connectivity index (χ3v) is 4.55. The molecule has 0 N–H and O–H groups in total. The molecule has 0 radical (unpaired) electrons. The van der Waals surface area contributed by atoms with E-state index >= 15 is 0 Å². The van der Waals surface area contributed by atoms with Gasteiger partial charge in [0.15, 0.2) is 0 Å². The van der Waals surface area contributed by atoms with Crippen LogP contribution in [0.2, 0.25) is 0 Å². The molecule has 0 aromatic heterocycles. The molecule has 0 fully saturated rings. The quantitative estimate of drug-likeness (QED) is 0.620. The van der Waals surface area contributed by atoms with Gasteiger partial charge in [-0.3, -0.25) is 0 Å². The SMILES string of the molecule is CCC1=CC(OCc2ccccc2)CC(CCc2ccccc2)=C1. The van der Waals surface area contributed by atoms with Crippen LogP contribution >= 0.6 is 0 Å². The second-order valence-corrected chi connectivity index (χ2v) is 6.42. The summed E-state index contributed by atoms with van der Waals surface area (Å²) in [6.07, 6.45) is 9.20. The highest BCUT2D eigenvalue weighted by Crippen LogP contribution is 2.26. The normalized spacial score (nSPS) is 17.3. The first-order chi connectivity index (χ1) is 11.8. The van der Waals surface area contributed by atoms with Crippen molar-refractivity contribution in [3.63, 3.8) is 0 Å². The van der Waals surface area contributed by atoms with E-state index in [2.05, 4.69) is 73.7 Å². The van der Waals surface area contributed by atoms with E-state index in [0.717, 1.165) is 25.7 Å². The Hall–Kier alpha value is -2.12. The lowest BCUT2D eigenvalue weighted by Gasteiger charge is -2.22. The van der Waals surface area contributed by atoms with Crippen molar-refractivity contribution in [1.29, 1.82) is 0 Å². The van der Waals surface area contributed by atoms with Crippen molar-refractivity contribution < 1.29 is 4.74 Å². The lowest BCUT2D eigenvalue weighted by Crippen LogP contribution is -2.15. The topological polar surface area (TPSA) is 9.23 Å². The molecular weight excluding hydrogens is 292 g/mol. The summed E-state index contributed by atoms with van der Waals surface area (Å²) in [6, 6.07) is 21.2. The monoisotopic (exact) mass is 318 g/mol. The first-order valence-electron chi connectivity index (χ1n) is 8.93. The molecule has 0 saturated carbocycles. The van der Waals surface area contributed by atoms with Gasteiger partial charge in [0.2, 0.25) is 0 Å². The summed E-state index contributed by atoms with van der Waals surface area (Å²) in [7, 11) is 0. The molecule has 0 spiro atoms. The van der Waals surface area contributed by atoms with E-state index in [-0.39, 0.29) is 6.10 Å². The lowest BCUT2D eigenvalue weighted by molar-refractivity contribution is 0.0703. The summed E-state index contributed by atoms with van der Waals surface area (Å²) in [5, 5.41) is 0. The first-order valence-corrected chi connectivity index (χ1v) is 8.93. The van der Waals surface area contributed by atoms with Crippen LogP contribution in [0.4, 0.5) is 0 Å². The number of hydrogen-bond acceptors (Lipinski definition) is 1. The van der Waals surface area contributed by atoms with Crippen LogP contribution in [0, 0.1) is 0 Å². The van der Waals surface area contributed by atoms with Crippen LogP contribution in [-0.2, 0) is 17.8 Å². The molecule has 1 aliphatic carbocycles. The fraction of sp³-hybridized carbons (Fsp3) is 0.304. The smallest absolute Gasteiger partial charge is 0.0803 e. The highest BCUT2D eigenvalue weighted by molar-refractivity contribution is 5.31. The molecule has 3 rings (SSSR count). The molecule has 0 saturated heterocycles. The van der Waals surface area contributed by atoms with E-state index in [9.17, 15) is 0 Å². The van der Waals surface area contributed by atoms with Gasteiger partial charge in [0, 0.05) is 0 Å². The highest BCUT2D eigenvalue weighted by Gasteiger charge is 2.15. The number of hydrogen-bond donors (Lipinski definition) is 0. The number of ether oxygens (including phenoxy) is 1. The molecule has 1 nitrogen and oxygen atoms in total. The summed E-state index contributed by atoms with van der Waals surface area (Å²) in [5.74, 6) is 0. The predicted molar refractivity (Wildman–Crippen MR) is 101 cm³/mol. The second kappa shape index (κ2) is 8.65. The van der Waals surface area contributed by atoms with Crippen LogP contribution < -0.4 is 0 Å².